The first-order valence-electron chi connectivity index (χ1n) is 6.06. The Balaban J connectivity index is 2.00. The van der Waals surface area contributed by atoms with Crippen LogP contribution in [0.5, 0.6) is 0 Å². The molecule has 0 bridgehead atoms. The first kappa shape index (κ1) is 11.6. The van der Waals surface area contributed by atoms with E-state index in [4.69, 9.17) is 4.52 Å². The molecule has 3 rings (SSSR count). The van der Waals surface area contributed by atoms with E-state index in [2.05, 4.69) is 27.6 Å². The minimum absolute atomic E-state index is 0.639. The van der Waals surface area contributed by atoms with Crippen molar-refractivity contribution in [2.45, 2.75) is 18.6 Å². The van der Waals surface area contributed by atoms with Gasteiger partial charge in [-0.05, 0) is 36.8 Å². The summed E-state index contributed by atoms with van der Waals surface area (Å²) < 4.78 is 5.37. The number of aromatic nitrogens is 2. The predicted octanol–water partition coefficient (Wildman–Crippen LogP) is 2.96. The maximum atomic E-state index is 5.37. The van der Waals surface area contributed by atoms with E-state index in [1.165, 1.54) is 11.3 Å². The van der Waals surface area contributed by atoms with Crippen molar-refractivity contribution in [2.24, 2.45) is 0 Å². The molecule has 5 heteroatoms. The molecule has 1 aromatic heterocycles. The highest BCUT2D eigenvalue weighted by molar-refractivity contribution is 7.97. The number of nitrogens with one attached hydrogen (secondary N) is 1. The van der Waals surface area contributed by atoms with Crippen molar-refractivity contribution in [1.29, 1.82) is 0 Å². The second kappa shape index (κ2) is 5.02. The van der Waals surface area contributed by atoms with Crippen molar-refractivity contribution in [3.63, 3.8) is 0 Å². The molecule has 1 aliphatic rings. The number of benzene rings is 1. The Hall–Kier alpha value is -1.49. The number of anilines is 1. The molecule has 0 aliphatic carbocycles. The van der Waals surface area contributed by atoms with Gasteiger partial charge in [-0.1, -0.05) is 11.2 Å². The SMILES string of the molecule is CSCc1noc(-c2cccc3c2CCCN3)n1. The summed E-state index contributed by atoms with van der Waals surface area (Å²) in [5.74, 6) is 2.19. The summed E-state index contributed by atoms with van der Waals surface area (Å²) in [5, 5.41) is 7.41. The van der Waals surface area contributed by atoms with Gasteiger partial charge in [0.25, 0.3) is 5.89 Å². The molecule has 0 radical (unpaired) electrons. The van der Waals surface area contributed by atoms with E-state index in [9.17, 15) is 0 Å². The Morgan fingerprint density at radius 1 is 1.44 bits per heavy atom. The van der Waals surface area contributed by atoms with Crippen LogP contribution in [-0.4, -0.2) is 22.9 Å². The molecular formula is C13H15N3OS. The van der Waals surface area contributed by atoms with Gasteiger partial charge in [-0.2, -0.15) is 16.7 Å². The fourth-order valence-electron chi connectivity index (χ4n) is 2.26. The fourth-order valence-corrected chi connectivity index (χ4v) is 2.64. The largest absolute Gasteiger partial charge is 0.385 e. The van der Waals surface area contributed by atoms with Gasteiger partial charge in [0.2, 0.25) is 0 Å². The molecule has 0 saturated heterocycles. The first-order valence-corrected chi connectivity index (χ1v) is 7.45. The van der Waals surface area contributed by atoms with Crippen LogP contribution < -0.4 is 5.32 Å². The number of thioether (sulfide) groups is 1. The van der Waals surface area contributed by atoms with Gasteiger partial charge in [-0.3, -0.25) is 0 Å². The minimum atomic E-state index is 0.639. The molecule has 4 nitrogen and oxygen atoms in total. The van der Waals surface area contributed by atoms with Crippen LogP contribution in [0.25, 0.3) is 11.5 Å². The van der Waals surface area contributed by atoms with Crippen LogP contribution >= 0.6 is 11.8 Å². The third-order valence-corrected chi connectivity index (χ3v) is 3.61. The van der Waals surface area contributed by atoms with Gasteiger partial charge in [0, 0.05) is 17.8 Å². The molecule has 0 saturated carbocycles. The van der Waals surface area contributed by atoms with Crippen LogP contribution in [0.15, 0.2) is 22.7 Å². The summed E-state index contributed by atoms with van der Waals surface area (Å²) in [7, 11) is 0. The molecule has 0 unspecified atom stereocenters. The molecule has 0 amide bonds. The maximum absolute atomic E-state index is 5.37. The van der Waals surface area contributed by atoms with Gasteiger partial charge in [-0.15, -0.1) is 0 Å². The van der Waals surface area contributed by atoms with E-state index < -0.39 is 0 Å². The molecule has 18 heavy (non-hydrogen) atoms. The average Bonchev–Trinajstić information content (AvgIpc) is 2.87. The predicted molar refractivity (Wildman–Crippen MR) is 73.8 cm³/mol. The Labute approximate surface area is 110 Å². The van der Waals surface area contributed by atoms with Gasteiger partial charge >= 0.3 is 0 Å². The summed E-state index contributed by atoms with van der Waals surface area (Å²) >= 11 is 1.69. The van der Waals surface area contributed by atoms with Gasteiger partial charge in [-0.25, -0.2) is 0 Å². The van der Waals surface area contributed by atoms with Crippen molar-refractivity contribution < 1.29 is 4.52 Å². The highest BCUT2D eigenvalue weighted by Crippen LogP contribution is 2.31. The molecule has 2 aromatic rings. The van der Waals surface area contributed by atoms with E-state index in [0.29, 0.717) is 5.89 Å². The van der Waals surface area contributed by atoms with Crippen molar-refractivity contribution in [2.75, 3.05) is 18.1 Å². The lowest BCUT2D eigenvalue weighted by molar-refractivity contribution is 0.424. The molecule has 1 N–H and O–H groups in total. The molecular weight excluding hydrogens is 246 g/mol. The van der Waals surface area contributed by atoms with Gasteiger partial charge in [0.05, 0.1) is 5.75 Å². The van der Waals surface area contributed by atoms with E-state index in [-0.39, 0.29) is 0 Å². The molecule has 0 atom stereocenters. The van der Waals surface area contributed by atoms with Crippen molar-refractivity contribution in [3.8, 4) is 11.5 Å². The zero-order valence-corrected chi connectivity index (χ0v) is 11.1. The molecule has 1 aromatic carbocycles. The number of nitrogens with zero attached hydrogens (tertiary/aromatic N) is 2. The second-order valence-corrected chi connectivity index (χ2v) is 5.18. The fraction of sp³-hybridized carbons (Fsp3) is 0.385. The second-order valence-electron chi connectivity index (χ2n) is 4.31. The summed E-state index contributed by atoms with van der Waals surface area (Å²) in [6, 6.07) is 6.20. The summed E-state index contributed by atoms with van der Waals surface area (Å²) in [6.07, 6.45) is 4.25. The lowest BCUT2D eigenvalue weighted by atomic mass is 9.97. The smallest absolute Gasteiger partial charge is 0.258 e. The highest BCUT2D eigenvalue weighted by Gasteiger charge is 2.17. The van der Waals surface area contributed by atoms with E-state index in [1.807, 2.05) is 12.3 Å². The molecule has 0 fully saturated rings. The lowest BCUT2D eigenvalue weighted by Crippen LogP contribution is -2.12. The summed E-state index contributed by atoms with van der Waals surface area (Å²) in [6.45, 7) is 1.04. The minimum Gasteiger partial charge on any atom is -0.385 e. The third-order valence-electron chi connectivity index (χ3n) is 3.07. The number of hydrogen-bond acceptors (Lipinski definition) is 5. The van der Waals surface area contributed by atoms with Gasteiger partial charge < -0.3 is 9.84 Å². The number of rotatable bonds is 3. The van der Waals surface area contributed by atoms with Crippen LogP contribution in [0.1, 0.15) is 17.8 Å². The number of hydrogen-bond donors (Lipinski definition) is 1. The van der Waals surface area contributed by atoms with E-state index in [0.717, 1.165) is 36.5 Å². The zero-order valence-electron chi connectivity index (χ0n) is 10.3. The molecule has 2 heterocycles. The van der Waals surface area contributed by atoms with Gasteiger partial charge in [0.1, 0.15) is 0 Å². The van der Waals surface area contributed by atoms with Crippen LogP contribution in [0.2, 0.25) is 0 Å². The standard InChI is InChI=1S/C13H15N3OS/c1-18-8-12-15-13(17-16-12)10-4-2-6-11-9(10)5-3-7-14-11/h2,4,6,14H,3,5,7-8H2,1H3. The average molecular weight is 261 g/mol. The van der Waals surface area contributed by atoms with Crippen LogP contribution in [0.3, 0.4) is 0 Å². The Morgan fingerprint density at radius 2 is 2.39 bits per heavy atom. The van der Waals surface area contributed by atoms with Crippen molar-refractivity contribution >= 4 is 17.4 Å². The van der Waals surface area contributed by atoms with E-state index >= 15 is 0 Å². The maximum Gasteiger partial charge on any atom is 0.258 e. The Bertz CT molecular complexity index is 553. The topological polar surface area (TPSA) is 51.0 Å². The van der Waals surface area contributed by atoms with Crippen molar-refractivity contribution in [3.05, 3.63) is 29.6 Å². The van der Waals surface area contributed by atoms with Crippen LogP contribution in [0.4, 0.5) is 5.69 Å². The molecule has 94 valence electrons. The normalized spacial score (nSPS) is 14.1. The first-order chi connectivity index (χ1) is 8.88. The Kier molecular flexibility index (Phi) is 3.23. The summed E-state index contributed by atoms with van der Waals surface area (Å²) in [4.78, 5) is 4.45. The summed E-state index contributed by atoms with van der Waals surface area (Å²) in [5.41, 5.74) is 3.56. The zero-order chi connectivity index (χ0) is 12.4. The van der Waals surface area contributed by atoms with Crippen LogP contribution in [-0.2, 0) is 12.2 Å². The Morgan fingerprint density at radius 3 is 3.28 bits per heavy atom. The van der Waals surface area contributed by atoms with Crippen LogP contribution in [0, 0.1) is 0 Å². The highest BCUT2D eigenvalue weighted by atomic mass is 32.2. The van der Waals surface area contributed by atoms with E-state index in [1.54, 1.807) is 11.8 Å². The quantitative estimate of drug-likeness (QED) is 0.920. The monoisotopic (exact) mass is 261 g/mol. The lowest BCUT2D eigenvalue weighted by Gasteiger charge is -2.19. The van der Waals surface area contributed by atoms with Gasteiger partial charge in [0.15, 0.2) is 5.82 Å². The molecule has 1 aliphatic heterocycles. The van der Waals surface area contributed by atoms with Crippen molar-refractivity contribution in [1.82, 2.24) is 10.1 Å². The number of fused-ring (bicyclic) bond motifs is 1. The molecule has 0 spiro atoms. The third kappa shape index (κ3) is 2.10.